The summed E-state index contributed by atoms with van der Waals surface area (Å²) in [6, 6.07) is 9.19. The summed E-state index contributed by atoms with van der Waals surface area (Å²) in [6.45, 7) is 3.97. The van der Waals surface area contributed by atoms with Gasteiger partial charge < -0.3 is 0 Å². The molecule has 1 fully saturated rings. The number of amides is 1. The second-order valence-corrected chi connectivity index (χ2v) is 8.07. The number of aryl methyl sites for hydroxylation is 2. The Morgan fingerprint density at radius 3 is 2.46 bits per heavy atom. The van der Waals surface area contributed by atoms with E-state index < -0.39 is 22.0 Å². The lowest BCUT2D eigenvalue weighted by Gasteiger charge is -2.23. The van der Waals surface area contributed by atoms with Gasteiger partial charge in [0, 0.05) is 17.9 Å². The van der Waals surface area contributed by atoms with E-state index in [9.17, 15) is 13.2 Å². The molecule has 0 radical (unpaired) electrons. The van der Waals surface area contributed by atoms with Crippen molar-refractivity contribution in [2.24, 2.45) is 0 Å². The lowest BCUT2D eigenvalue weighted by Crippen LogP contribution is -2.47. The zero-order valence-corrected chi connectivity index (χ0v) is 15.5. The van der Waals surface area contributed by atoms with Crippen LogP contribution in [0, 0.1) is 13.8 Å². The lowest BCUT2D eigenvalue weighted by molar-refractivity contribution is -0.123. The standard InChI is InChI=1S/C17H21N5O3S/c1-12-11-13(2)19-17(18-12)21-20-16(23)15-9-6-10-22(15)26(24,25)14-7-4-3-5-8-14/h3-5,7-8,11,15H,6,9-10H2,1-2H3,(H,20,23)(H,18,19,21)/t15-/m1/s1. The summed E-state index contributed by atoms with van der Waals surface area (Å²) in [5, 5.41) is 0. The molecule has 8 nitrogen and oxygen atoms in total. The number of nitrogens with one attached hydrogen (secondary N) is 2. The fraction of sp³-hybridized carbons (Fsp3) is 0.353. The highest BCUT2D eigenvalue weighted by molar-refractivity contribution is 7.89. The molecule has 2 N–H and O–H groups in total. The Morgan fingerprint density at radius 1 is 1.15 bits per heavy atom. The van der Waals surface area contributed by atoms with Crippen molar-refractivity contribution in [3.8, 4) is 0 Å². The van der Waals surface area contributed by atoms with E-state index in [1.807, 2.05) is 19.9 Å². The number of benzene rings is 1. The van der Waals surface area contributed by atoms with E-state index in [1.165, 1.54) is 16.4 Å². The molecule has 2 aromatic rings. The molecule has 1 atom stereocenters. The van der Waals surface area contributed by atoms with E-state index in [0.717, 1.165) is 11.4 Å². The van der Waals surface area contributed by atoms with Crippen LogP contribution in [0.25, 0.3) is 0 Å². The zero-order valence-electron chi connectivity index (χ0n) is 14.6. The van der Waals surface area contributed by atoms with E-state index in [2.05, 4.69) is 20.8 Å². The van der Waals surface area contributed by atoms with Gasteiger partial charge in [-0.2, -0.15) is 4.31 Å². The average molecular weight is 375 g/mol. The summed E-state index contributed by atoms with van der Waals surface area (Å²) >= 11 is 0. The number of carbonyl (C=O) groups is 1. The van der Waals surface area contributed by atoms with E-state index in [-0.39, 0.29) is 10.8 Å². The number of hydrogen-bond donors (Lipinski definition) is 2. The van der Waals surface area contributed by atoms with Crippen molar-refractivity contribution in [2.75, 3.05) is 12.0 Å². The van der Waals surface area contributed by atoms with Crippen molar-refractivity contribution < 1.29 is 13.2 Å². The van der Waals surface area contributed by atoms with Crippen molar-refractivity contribution in [2.45, 2.75) is 37.6 Å². The minimum atomic E-state index is -3.72. The smallest absolute Gasteiger partial charge is 0.256 e. The summed E-state index contributed by atoms with van der Waals surface area (Å²) in [5.41, 5.74) is 6.73. The summed E-state index contributed by atoms with van der Waals surface area (Å²) in [4.78, 5) is 21.1. The number of rotatable bonds is 5. The normalized spacial score (nSPS) is 17.8. The first kappa shape index (κ1) is 18.3. The highest BCUT2D eigenvalue weighted by Crippen LogP contribution is 2.26. The third-order valence-electron chi connectivity index (χ3n) is 4.14. The van der Waals surface area contributed by atoms with Gasteiger partial charge in [-0.25, -0.2) is 18.4 Å². The maximum Gasteiger partial charge on any atom is 0.256 e. The number of aromatic nitrogens is 2. The Hall–Kier alpha value is -2.52. The largest absolute Gasteiger partial charge is 0.271 e. The minimum Gasteiger partial charge on any atom is -0.271 e. The van der Waals surface area contributed by atoms with Gasteiger partial charge in [-0.15, -0.1) is 0 Å². The Bertz CT molecular complexity index is 882. The Kier molecular flexibility index (Phi) is 5.19. The quantitative estimate of drug-likeness (QED) is 0.766. The van der Waals surface area contributed by atoms with E-state index in [1.54, 1.807) is 18.2 Å². The Morgan fingerprint density at radius 2 is 1.81 bits per heavy atom. The first-order valence-corrected chi connectivity index (χ1v) is 9.77. The predicted molar refractivity (Wildman–Crippen MR) is 96.6 cm³/mol. The van der Waals surface area contributed by atoms with Crippen LogP contribution < -0.4 is 10.9 Å². The van der Waals surface area contributed by atoms with Gasteiger partial charge in [-0.3, -0.25) is 15.6 Å². The molecule has 1 amide bonds. The van der Waals surface area contributed by atoms with Gasteiger partial charge in [0.05, 0.1) is 4.90 Å². The first-order chi connectivity index (χ1) is 12.4. The zero-order chi connectivity index (χ0) is 18.7. The van der Waals surface area contributed by atoms with Gasteiger partial charge in [-0.05, 0) is 44.9 Å². The molecule has 138 valence electrons. The molecule has 3 rings (SSSR count). The molecular weight excluding hydrogens is 354 g/mol. The molecule has 0 spiro atoms. The van der Waals surface area contributed by atoms with Crippen LogP contribution in [0.5, 0.6) is 0 Å². The SMILES string of the molecule is Cc1cc(C)nc(NNC(=O)[C@H]2CCCN2S(=O)(=O)c2ccccc2)n1. The number of sulfonamides is 1. The first-order valence-electron chi connectivity index (χ1n) is 8.33. The molecule has 1 aliphatic rings. The van der Waals surface area contributed by atoms with Crippen molar-refractivity contribution in [3.63, 3.8) is 0 Å². The predicted octanol–water partition coefficient (Wildman–Crippen LogP) is 1.39. The van der Waals surface area contributed by atoms with Crippen molar-refractivity contribution in [1.82, 2.24) is 19.7 Å². The molecular formula is C17H21N5O3S. The third-order valence-corrected chi connectivity index (χ3v) is 6.06. The van der Waals surface area contributed by atoms with Crippen LogP contribution in [0.15, 0.2) is 41.3 Å². The van der Waals surface area contributed by atoms with Crippen LogP contribution in [0.3, 0.4) is 0 Å². The topological polar surface area (TPSA) is 104 Å². The maximum absolute atomic E-state index is 12.8. The van der Waals surface area contributed by atoms with Gasteiger partial charge in [0.15, 0.2) is 0 Å². The molecule has 0 saturated carbocycles. The number of hydrogen-bond acceptors (Lipinski definition) is 6. The van der Waals surface area contributed by atoms with E-state index in [0.29, 0.717) is 19.4 Å². The highest BCUT2D eigenvalue weighted by Gasteiger charge is 2.39. The van der Waals surface area contributed by atoms with Crippen molar-refractivity contribution in [1.29, 1.82) is 0 Å². The van der Waals surface area contributed by atoms with Crippen LogP contribution >= 0.6 is 0 Å². The van der Waals surface area contributed by atoms with Gasteiger partial charge >= 0.3 is 0 Å². The fourth-order valence-corrected chi connectivity index (χ4v) is 4.68. The molecule has 9 heteroatoms. The second kappa shape index (κ2) is 7.38. The van der Waals surface area contributed by atoms with Crippen molar-refractivity contribution in [3.05, 3.63) is 47.8 Å². The minimum absolute atomic E-state index is 0.185. The molecule has 0 bridgehead atoms. The number of anilines is 1. The summed E-state index contributed by atoms with van der Waals surface area (Å²) in [7, 11) is -3.72. The van der Waals surface area contributed by atoms with Crippen molar-refractivity contribution >= 4 is 21.9 Å². The fourth-order valence-electron chi connectivity index (χ4n) is 3.00. The highest BCUT2D eigenvalue weighted by atomic mass is 32.2. The lowest BCUT2D eigenvalue weighted by atomic mass is 10.2. The molecule has 1 aromatic heterocycles. The van der Waals surface area contributed by atoms with Crippen LogP contribution in [0.2, 0.25) is 0 Å². The molecule has 1 saturated heterocycles. The molecule has 2 heterocycles. The molecule has 1 aliphatic heterocycles. The molecule has 0 unspecified atom stereocenters. The number of carbonyl (C=O) groups excluding carboxylic acids is 1. The van der Waals surface area contributed by atoms with Crippen LogP contribution in [0.1, 0.15) is 24.2 Å². The van der Waals surface area contributed by atoms with Gasteiger partial charge in [0.1, 0.15) is 6.04 Å². The molecule has 0 aliphatic carbocycles. The third kappa shape index (κ3) is 3.83. The number of hydrazine groups is 1. The van der Waals surface area contributed by atoms with E-state index >= 15 is 0 Å². The van der Waals surface area contributed by atoms with E-state index in [4.69, 9.17) is 0 Å². The summed E-state index contributed by atoms with van der Waals surface area (Å²) in [6.07, 6.45) is 1.09. The Labute approximate surface area is 152 Å². The van der Waals surface area contributed by atoms with Crippen LogP contribution in [-0.4, -0.2) is 41.2 Å². The monoisotopic (exact) mass is 375 g/mol. The van der Waals surface area contributed by atoms with Gasteiger partial charge in [0.2, 0.25) is 16.0 Å². The van der Waals surface area contributed by atoms with Gasteiger partial charge in [0.25, 0.3) is 5.91 Å². The molecule has 1 aromatic carbocycles. The summed E-state index contributed by atoms with van der Waals surface area (Å²) in [5.74, 6) is -0.156. The second-order valence-electron chi connectivity index (χ2n) is 6.18. The maximum atomic E-state index is 12.8. The Balaban J connectivity index is 1.72. The average Bonchev–Trinajstić information content (AvgIpc) is 3.10. The summed E-state index contributed by atoms with van der Waals surface area (Å²) < 4.78 is 26.9. The number of nitrogens with zero attached hydrogens (tertiary/aromatic N) is 3. The van der Waals surface area contributed by atoms with Crippen LogP contribution in [-0.2, 0) is 14.8 Å². The van der Waals surface area contributed by atoms with Gasteiger partial charge in [-0.1, -0.05) is 18.2 Å². The molecule has 26 heavy (non-hydrogen) atoms. The van der Waals surface area contributed by atoms with Crippen LogP contribution in [0.4, 0.5) is 5.95 Å².